The van der Waals surface area contributed by atoms with Gasteiger partial charge in [0.25, 0.3) is 0 Å². The van der Waals surface area contributed by atoms with E-state index in [1.54, 1.807) is 44.6 Å². The number of likely N-dealkylation sites (N-methyl/N-ethyl adjacent to an activating group) is 1. The van der Waals surface area contributed by atoms with Crippen LogP contribution in [0.5, 0.6) is 5.75 Å². The number of methoxy groups -OCH3 is 1. The molecule has 0 spiro atoms. The Balaban J connectivity index is 1.54. The molecule has 0 fully saturated rings. The van der Waals surface area contributed by atoms with Crippen molar-refractivity contribution in [2.75, 3.05) is 31.8 Å². The molecule has 156 valence electrons. The summed E-state index contributed by atoms with van der Waals surface area (Å²) in [5.74, 6) is 0.422. The van der Waals surface area contributed by atoms with Crippen LogP contribution in [0.4, 0.5) is 5.69 Å². The molecule has 0 aliphatic heterocycles. The van der Waals surface area contributed by atoms with Crippen molar-refractivity contribution in [1.29, 1.82) is 0 Å². The predicted molar refractivity (Wildman–Crippen MR) is 119 cm³/mol. The fourth-order valence-electron chi connectivity index (χ4n) is 2.63. The molecular formula is C21H21ClN4O3S. The lowest BCUT2D eigenvalue weighted by Gasteiger charge is -2.17. The second-order valence-corrected chi connectivity index (χ2v) is 7.69. The molecule has 30 heavy (non-hydrogen) atoms. The maximum absolute atomic E-state index is 12.5. The molecule has 9 heteroatoms. The van der Waals surface area contributed by atoms with Crippen LogP contribution in [0.25, 0.3) is 5.69 Å². The van der Waals surface area contributed by atoms with Crippen molar-refractivity contribution >= 4 is 40.9 Å². The number of imidazole rings is 1. The fourth-order valence-corrected chi connectivity index (χ4v) is 3.72. The van der Waals surface area contributed by atoms with Crippen LogP contribution in [0.15, 0.2) is 66.1 Å². The van der Waals surface area contributed by atoms with Gasteiger partial charge in [0.05, 0.1) is 30.1 Å². The second kappa shape index (κ2) is 10.2. The Bertz CT molecular complexity index is 1020. The van der Waals surface area contributed by atoms with Gasteiger partial charge >= 0.3 is 0 Å². The molecule has 0 saturated heterocycles. The first kappa shape index (κ1) is 21.7. The smallest absolute Gasteiger partial charge is 0.244 e. The van der Waals surface area contributed by atoms with Crippen molar-refractivity contribution in [2.45, 2.75) is 5.16 Å². The summed E-state index contributed by atoms with van der Waals surface area (Å²) in [4.78, 5) is 30.4. The predicted octanol–water partition coefficient (Wildman–Crippen LogP) is 3.72. The molecule has 2 aromatic carbocycles. The number of anilines is 1. The van der Waals surface area contributed by atoms with Crippen molar-refractivity contribution in [3.8, 4) is 11.4 Å². The first-order valence-corrected chi connectivity index (χ1v) is 10.4. The monoisotopic (exact) mass is 444 g/mol. The van der Waals surface area contributed by atoms with Gasteiger partial charge in [-0.15, -0.1) is 0 Å². The molecule has 7 nitrogen and oxygen atoms in total. The number of hydrogen-bond acceptors (Lipinski definition) is 5. The average molecular weight is 445 g/mol. The lowest BCUT2D eigenvalue weighted by atomic mass is 10.3. The van der Waals surface area contributed by atoms with Gasteiger partial charge in [0, 0.05) is 25.1 Å². The molecule has 0 bridgehead atoms. The summed E-state index contributed by atoms with van der Waals surface area (Å²) in [6.07, 6.45) is 3.51. The number of benzene rings is 2. The van der Waals surface area contributed by atoms with Gasteiger partial charge in [0.15, 0.2) is 5.16 Å². The van der Waals surface area contributed by atoms with Crippen LogP contribution in [0.1, 0.15) is 0 Å². The van der Waals surface area contributed by atoms with Crippen LogP contribution in [0, 0.1) is 0 Å². The van der Waals surface area contributed by atoms with Crippen LogP contribution in [-0.4, -0.2) is 52.7 Å². The highest BCUT2D eigenvalue weighted by Crippen LogP contribution is 2.23. The third-order valence-corrected chi connectivity index (χ3v) is 5.52. The number of aromatic nitrogens is 2. The molecular weight excluding hydrogens is 424 g/mol. The van der Waals surface area contributed by atoms with Crippen molar-refractivity contribution in [2.24, 2.45) is 0 Å². The zero-order chi connectivity index (χ0) is 21.5. The quantitative estimate of drug-likeness (QED) is 0.536. The Morgan fingerprint density at radius 1 is 1.20 bits per heavy atom. The minimum atomic E-state index is -0.316. The highest BCUT2D eigenvalue weighted by molar-refractivity contribution is 7.99. The highest BCUT2D eigenvalue weighted by Gasteiger charge is 2.16. The van der Waals surface area contributed by atoms with Crippen LogP contribution < -0.4 is 10.1 Å². The van der Waals surface area contributed by atoms with Gasteiger partial charge in [-0.05, 0) is 36.4 Å². The molecule has 0 atom stereocenters. The maximum atomic E-state index is 12.5. The molecule has 0 unspecified atom stereocenters. The summed E-state index contributed by atoms with van der Waals surface area (Å²) < 4.78 is 7.07. The number of carbonyl (C=O) groups excluding carboxylic acids is 2. The first-order chi connectivity index (χ1) is 14.5. The van der Waals surface area contributed by atoms with Crippen molar-refractivity contribution < 1.29 is 14.3 Å². The summed E-state index contributed by atoms with van der Waals surface area (Å²) >= 11 is 7.35. The van der Waals surface area contributed by atoms with E-state index in [0.29, 0.717) is 15.9 Å². The number of thioether (sulfide) groups is 1. The third kappa shape index (κ3) is 5.55. The van der Waals surface area contributed by atoms with E-state index in [2.05, 4.69) is 10.3 Å². The van der Waals surface area contributed by atoms with Gasteiger partial charge in [-0.1, -0.05) is 35.5 Å². The molecule has 2 amide bonds. The molecule has 0 aliphatic carbocycles. The molecule has 0 radical (unpaired) electrons. The van der Waals surface area contributed by atoms with Crippen molar-refractivity contribution in [3.05, 3.63) is 65.9 Å². The Morgan fingerprint density at radius 2 is 1.93 bits per heavy atom. The van der Waals surface area contributed by atoms with E-state index < -0.39 is 0 Å². The van der Waals surface area contributed by atoms with Crippen LogP contribution in [-0.2, 0) is 9.59 Å². The number of carbonyl (C=O) groups is 2. The normalized spacial score (nSPS) is 10.5. The summed E-state index contributed by atoms with van der Waals surface area (Å²) in [6.45, 7) is -0.0719. The third-order valence-electron chi connectivity index (χ3n) is 4.24. The number of halogens is 1. The van der Waals surface area contributed by atoms with Gasteiger partial charge in [-0.2, -0.15) is 0 Å². The summed E-state index contributed by atoms with van der Waals surface area (Å²) in [5, 5.41) is 3.84. The van der Waals surface area contributed by atoms with E-state index >= 15 is 0 Å². The molecule has 1 aromatic heterocycles. The Morgan fingerprint density at radius 3 is 2.63 bits per heavy atom. The zero-order valence-electron chi connectivity index (χ0n) is 16.5. The van der Waals surface area contributed by atoms with Gasteiger partial charge in [0.2, 0.25) is 11.8 Å². The zero-order valence-corrected chi connectivity index (χ0v) is 18.1. The minimum Gasteiger partial charge on any atom is -0.497 e. The van der Waals surface area contributed by atoms with E-state index in [-0.39, 0.29) is 24.1 Å². The van der Waals surface area contributed by atoms with Gasteiger partial charge < -0.3 is 15.0 Å². The number of ether oxygens (including phenoxy) is 1. The molecule has 3 aromatic rings. The molecule has 0 saturated carbocycles. The second-order valence-electron chi connectivity index (χ2n) is 6.34. The number of rotatable bonds is 8. The van der Waals surface area contributed by atoms with Crippen LogP contribution >= 0.6 is 23.4 Å². The SMILES string of the molecule is COc1ccc(-n2ccnc2SCC(=O)N(C)CC(=O)Nc2ccccc2Cl)cc1. The summed E-state index contributed by atoms with van der Waals surface area (Å²) in [5.41, 5.74) is 1.43. The number of hydrogen-bond donors (Lipinski definition) is 1. The van der Waals surface area contributed by atoms with Crippen LogP contribution in [0.3, 0.4) is 0 Å². The lowest BCUT2D eigenvalue weighted by molar-refractivity contribution is -0.131. The minimum absolute atomic E-state index is 0.0719. The number of nitrogens with one attached hydrogen (secondary N) is 1. The van der Waals surface area contributed by atoms with E-state index in [9.17, 15) is 9.59 Å². The summed E-state index contributed by atoms with van der Waals surface area (Å²) in [6, 6.07) is 14.5. The summed E-state index contributed by atoms with van der Waals surface area (Å²) in [7, 11) is 3.20. The maximum Gasteiger partial charge on any atom is 0.244 e. The lowest BCUT2D eigenvalue weighted by Crippen LogP contribution is -2.36. The van der Waals surface area contributed by atoms with Gasteiger partial charge in [-0.3, -0.25) is 14.2 Å². The largest absolute Gasteiger partial charge is 0.497 e. The molecule has 0 aliphatic rings. The van der Waals surface area contributed by atoms with Gasteiger partial charge in [-0.25, -0.2) is 4.98 Å². The first-order valence-electron chi connectivity index (χ1n) is 9.07. The average Bonchev–Trinajstić information content (AvgIpc) is 3.22. The van der Waals surface area contributed by atoms with E-state index in [1.165, 1.54) is 16.7 Å². The standard InChI is InChI=1S/C21H21ClN4O3S/c1-25(13-19(27)24-18-6-4-3-5-17(18)22)20(28)14-30-21-23-11-12-26(21)15-7-9-16(29-2)10-8-15/h3-12H,13-14H2,1-2H3,(H,24,27). The Labute approximate surface area is 184 Å². The van der Waals surface area contributed by atoms with E-state index in [4.69, 9.17) is 16.3 Å². The number of para-hydroxylation sites is 1. The Hall–Kier alpha value is -2.97. The van der Waals surface area contributed by atoms with Gasteiger partial charge in [0.1, 0.15) is 5.75 Å². The number of amides is 2. The number of nitrogens with zero attached hydrogens (tertiary/aromatic N) is 3. The van der Waals surface area contributed by atoms with E-state index in [1.807, 2.05) is 35.0 Å². The fraction of sp³-hybridized carbons (Fsp3) is 0.190. The van der Waals surface area contributed by atoms with Crippen molar-refractivity contribution in [1.82, 2.24) is 14.5 Å². The van der Waals surface area contributed by atoms with E-state index in [0.717, 1.165) is 11.4 Å². The van der Waals surface area contributed by atoms with Crippen LogP contribution in [0.2, 0.25) is 5.02 Å². The molecule has 1 N–H and O–H groups in total. The molecule has 3 rings (SSSR count). The molecule has 1 heterocycles. The highest BCUT2D eigenvalue weighted by atomic mass is 35.5. The van der Waals surface area contributed by atoms with Crippen molar-refractivity contribution in [3.63, 3.8) is 0 Å². The topological polar surface area (TPSA) is 76.5 Å². The Kier molecular flexibility index (Phi) is 7.37.